The molecule has 0 fully saturated rings. The Morgan fingerprint density at radius 2 is 1.82 bits per heavy atom. The average Bonchev–Trinajstić information content (AvgIpc) is 3.34. The van der Waals surface area contributed by atoms with Gasteiger partial charge in [0.15, 0.2) is 11.3 Å². The largest absolute Gasteiger partial charge is 0.325 e. The maximum absolute atomic E-state index is 13.9. The molecule has 0 bridgehead atoms. The first kappa shape index (κ1) is 21.3. The predicted molar refractivity (Wildman–Crippen MR) is 124 cm³/mol. The Morgan fingerprint density at radius 3 is 2.52 bits per heavy atom. The third-order valence-corrected chi connectivity index (χ3v) is 6.67. The highest BCUT2D eigenvalue weighted by Crippen LogP contribution is 2.41. The summed E-state index contributed by atoms with van der Waals surface area (Å²) in [6.45, 7) is 4.19. The number of pyridine rings is 1. The summed E-state index contributed by atoms with van der Waals surface area (Å²) >= 11 is 0. The molecule has 1 aliphatic heterocycles. The maximum Gasteiger partial charge on any atom is 0.275 e. The molecule has 0 radical (unpaired) electrons. The van der Waals surface area contributed by atoms with Gasteiger partial charge in [0.05, 0.1) is 22.8 Å². The summed E-state index contributed by atoms with van der Waals surface area (Å²) in [5.74, 6) is -0.353. The number of hydrogen-bond acceptors (Lipinski definition) is 4. The van der Waals surface area contributed by atoms with Gasteiger partial charge in [-0.2, -0.15) is 10.2 Å². The molecule has 2 unspecified atom stereocenters. The molecule has 1 amide bonds. The molecule has 7 nitrogen and oxygen atoms in total. The minimum absolute atomic E-state index is 0.00655. The summed E-state index contributed by atoms with van der Waals surface area (Å²) < 4.78 is 17.1. The van der Waals surface area contributed by atoms with E-state index in [4.69, 9.17) is 5.10 Å². The highest BCUT2D eigenvalue weighted by Gasteiger charge is 2.41. The minimum atomic E-state index is -0.262. The first-order chi connectivity index (χ1) is 15.9. The molecule has 0 saturated carbocycles. The van der Waals surface area contributed by atoms with Crippen molar-refractivity contribution in [1.29, 1.82) is 0 Å². The number of amides is 1. The van der Waals surface area contributed by atoms with Gasteiger partial charge >= 0.3 is 0 Å². The van der Waals surface area contributed by atoms with Crippen LogP contribution in [0.15, 0.2) is 42.6 Å². The van der Waals surface area contributed by atoms with Crippen LogP contribution in [0, 0.1) is 5.82 Å². The maximum atomic E-state index is 13.9. The number of fused-ring (bicyclic) bond motifs is 2. The molecule has 4 aromatic rings. The second-order valence-corrected chi connectivity index (χ2v) is 8.59. The Hall–Kier alpha value is -3.55. The molecule has 3 aromatic heterocycles. The van der Waals surface area contributed by atoms with Gasteiger partial charge in [0.1, 0.15) is 5.82 Å². The van der Waals surface area contributed by atoms with E-state index in [1.165, 1.54) is 12.1 Å². The Morgan fingerprint density at radius 1 is 1.06 bits per heavy atom. The lowest BCUT2D eigenvalue weighted by Gasteiger charge is -2.41. The first-order valence-electron chi connectivity index (χ1n) is 11.4. The van der Waals surface area contributed by atoms with Gasteiger partial charge in [-0.1, -0.05) is 13.8 Å². The van der Waals surface area contributed by atoms with Gasteiger partial charge in [-0.15, -0.1) is 0 Å². The molecule has 8 heteroatoms. The molecular formula is C25H27FN6O. The van der Waals surface area contributed by atoms with Crippen molar-refractivity contribution in [2.45, 2.75) is 45.2 Å². The zero-order valence-corrected chi connectivity index (χ0v) is 19.3. The Labute approximate surface area is 191 Å². The molecule has 2 atom stereocenters. The molecule has 0 spiro atoms. The lowest BCUT2D eigenvalue weighted by molar-refractivity contribution is 0.0508. The van der Waals surface area contributed by atoms with Crippen LogP contribution in [-0.4, -0.2) is 41.4 Å². The highest BCUT2D eigenvalue weighted by molar-refractivity contribution is 6.04. The van der Waals surface area contributed by atoms with Crippen molar-refractivity contribution < 1.29 is 9.18 Å². The standard InChI is InChI=1S/C25H27FN6O/c1-5-17-14-19-21(28-30(3)23(19)15-9-11-16(26)12-10-15)20(6-2)32(17)25(33)22-18-8-7-13-27-24(18)31(4)29-22/h7-13,17,20H,5-6,14H2,1-4H3. The summed E-state index contributed by atoms with van der Waals surface area (Å²) in [6.07, 6.45) is 3.94. The molecule has 4 heterocycles. The third-order valence-electron chi connectivity index (χ3n) is 6.67. The van der Waals surface area contributed by atoms with E-state index in [9.17, 15) is 9.18 Å². The minimum Gasteiger partial charge on any atom is -0.325 e. The van der Waals surface area contributed by atoms with Crippen molar-refractivity contribution in [2.75, 3.05) is 0 Å². The van der Waals surface area contributed by atoms with Crippen LogP contribution in [0.4, 0.5) is 4.39 Å². The second-order valence-electron chi connectivity index (χ2n) is 8.59. The van der Waals surface area contributed by atoms with E-state index in [1.807, 2.05) is 35.8 Å². The van der Waals surface area contributed by atoms with Crippen LogP contribution in [0.25, 0.3) is 22.3 Å². The zero-order chi connectivity index (χ0) is 23.3. The summed E-state index contributed by atoms with van der Waals surface area (Å²) in [5.41, 5.74) is 5.09. The molecule has 170 valence electrons. The molecule has 5 rings (SSSR count). The Balaban J connectivity index is 1.62. The quantitative estimate of drug-likeness (QED) is 0.465. The lowest BCUT2D eigenvalue weighted by atomic mass is 9.87. The predicted octanol–water partition coefficient (Wildman–Crippen LogP) is 4.44. The van der Waals surface area contributed by atoms with E-state index in [0.717, 1.165) is 40.7 Å². The summed E-state index contributed by atoms with van der Waals surface area (Å²) in [7, 11) is 3.72. The molecule has 0 aliphatic carbocycles. The zero-order valence-electron chi connectivity index (χ0n) is 19.3. The Bertz CT molecular complexity index is 1340. The number of hydrogen-bond donors (Lipinski definition) is 0. The van der Waals surface area contributed by atoms with Crippen LogP contribution >= 0.6 is 0 Å². The number of aryl methyl sites for hydroxylation is 2. The molecule has 1 aliphatic rings. The van der Waals surface area contributed by atoms with E-state index >= 15 is 0 Å². The SMILES string of the molecule is CCC1Cc2c(nn(C)c2-c2ccc(F)cc2)C(CC)N1C(=O)c1nn(C)c2ncccc12. The summed E-state index contributed by atoms with van der Waals surface area (Å²) in [6, 6.07) is 10.1. The fourth-order valence-corrected chi connectivity index (χ4v) is 5.16. The smallest absolute Gasteiger partial charge is 0.275 e. The van der Waals surface area contributed by atoms with Gasteiger partial charge in [-0.25, -0.2) is 14.1 Å². The number of aromatic nitrogens is 5. The lowest BCUT2D eigenvalue weighted by Crippen LogP contribution is -2.47. The van der Waals surface area contributed by atoms with E-state index in [2.05, 4.69) is 23.9 Å². The van der Waals surface area contributed by atoms with Gasteiger partial charge in [0.2, 0.25) is 0 Å². The number of nitrogens with zero attached hydrogens (tertiary/aromatic N) is 6. The number of carbonyl (C=O) groups excluding carboxylic acids is 1. The van der Waals surface area contributed by atoms with Crippen LogP contribution in [0.5, 0.6) is 0 Å². The third kappa shape index (κ3) is 3.32. The number of rotatable bonds is 4. The molecular weight excluding hydrogens is 419 g/mol. The molecule has 33 heavy (non-hydrogen) atoms. The monoisotopic (exact) mass is 446 g/mol. The van der Waals surface area contributed by atoms with Crippen molar-refractivity contribution >= 4 is 16.9 Å². The first-order valence-corrected chi connectivity index (χ1v) is 11.4. The molecule has 0 saturated heterocycles. The van der Waals surface area contributed by atoms with Crippen molar-refractivity contribution in [3.8, 4) is 11.3 Å². The van der Waals surface area contributed by atoms with Gasteiger partial charge < -0.3 is 4.90 Å². The average molecular weight is 447 g/mol. The molecule has 0 N–H and O–H groups in total. The van der Waals surface area contributed by atoms with Gasteiger partial charge in [0.25, 0.3) is 5.91 Å². The number of benzene rings is 1. The summed E-state index contributed by atoms with van der Waals surface area (Å²) in [5, 5.41) is 10.2. The van der Waals surface area contributed by atoms with Crippen LogP contribution in [0.1, 0.15) is 54.5 Å². The van der Waals surface area contributed by atoms with Crippen LogP contribution in [-0.2, 0) is 20.5 Å². The summed E-state index contributed by atoms with van der Waals surface area (Å²) in [4.78, 5) is 20.3. The topological polar surface area (TPSA) is 68.8 Å². The van der Waals surface area contributed by atoms with Gasteiger partial charge in [-0.3, -0.25) is 9.48 Å². The van der Waals surface area contributed by atoms with Gasteiger partial charge in [0, 0.05) is 37.5 Å². The Kier molecular flexibility index (Phi) is 5.23. The molecule has 1 aromatic carbocycles. The van der Waals surface area contributed by atoms with E-state index in [-0.39, 0.29) is 23.8 Å². The fraction of sp³-hybridized carbons (Fsp3) is 0.360. The van der Waals surface area contributed by atoms with E-state index in [1.54, 1.807) is 23.0 Å². The highest BCUT2D eigenvalue weighted by atomic mass is 19.1. The normalized spacial score (nSPS) is 18.0. The van der Waals surface area contributed by atoms with Crippen LogP contribution in [0.2, 0.25) is 0 Å². The van der Waals surface area contributed by atoms with Crippen LogP contribution in [0.3, 0.4) is 0 Å². The van der Waals surface area contributed by atoms with Crippen LogP contribution < -0.4 is 0 Å². The van der Waals surface area contributed by atoms with Crippen molar-refractivity contribution in [3.63, 3.8) is 0 Å². The second kappa shape index (κ2) is 8.10. The number of carbonyl (C=O) groups is 1. The van der Waals surface area contributed by atoms with E-state index in [0.29, 0.717) is 17.8 Å². The van der Waals surface area contributed by atoms with E-state index < -0.39 is 0 Å². The van der Waals surface area contributed by atoms with Gasteiger partial charge in [-0.05, 0) is 55.7 Å². The fourth-order valence-electron chi connectivity index (χ4n) is 5.16. The van der Waals surface area contributed by atoms with Crippen molar-refractivity contribution in [2.24, 2.45) is 14.1 Å². The number of halogens is 1. The van der Waals surface area contributed by atoms with Crippen molar-refractivity contribution in [1.82, 2.24) is 29.4 Å². The van der Waals surface area contributed by atoms with Crippen molar-refractivity contribution in [3.05, 3.63) is 65.4 Å².